The van der Waals surface area contributed by atoms with Crippen molar-refractivity contribution in [3.05, 3.63) is 94.4 Å². The van der Waals surface area contributed by atoms with Crippen LogP contribution in [-0.4, -0.2) is 73.5 Å². The van der Waals surface area contributed by atoms with E-state index in [9.17, 15) is 14.4 Å². The molecule has 1 saturated heterocycles. The molecule has 6 aliphatic rings. The largest absolute Gasteiger partial charge is 0.463 e. The SMILES string of the molecule is CN=C(N)NC(CC(C)=CCC12OC1(C(=O)OCC1CC3CCC=CC3=CC1NCC1CCCCC1)C(=O)c1ccccc1C2=O)C1=CCNC(N)=C1. The summed E-state index contributed by atoms with van der Waals surface area (Å²) in [7, 11) is 1.61. The molecule has 6 atom stereocenters. The van der Waals surface area contributed by atoms with Crippen LogP contribution in [0.3, 0.4) is 0 Å². The lowest BCUT2D eigenvalue weighted by atomic mass is 9.72. The molecule has 2 fully saturated rings. The Morgan fingerprint density at radius 1 is 1.15 bits per heavy atom. The number of guanidine groups is 1. The number of aliphatic imine (C=N–C) groups is 1. The monoisotopic (exact) mass is 722 g/mol. The summed E-state index contributed by atoms with van der Waals surface area (Å²) in [6.45, 7) is 3.59. The smallest absolute Gasteiger partial charge is 0.350 e. The van der Waals surface area contributed by atoms with Gasteiger partial charge >= 0.3 is 5.97 Å². The van der Waals surface area contributed by atoms with Gasteiger partial charge in [-0.3, -0.25) is 14.6 Å². The van der Waals surface area contributed by atoms with Gasteiger partial charge in [-0.1, -0.05) is 79.5 Å². The first-order chi connectivity index (χ1) is 25.6. The molecular weight excluding hydrogens is 668 g/mol. The van der Waals surface area contributed by atoms with E-state index in [0.29, 0.717) is 30.6 Å². The maximum atomic E-state index is 14.3. The van der Waals surface area contributed by atoms with E-state index in [-0.39, 0.29) is 53.9 Å². The van der Waals surface area contributed by atoms with E-state index in [0.717, 1.165) is 37.0 Å². The Balaban J connectivity index is 1.11. The normalized spacial score (nSPS) is 30.5. The number of carbonyl (C=O) groups excluding carboxylic acids is 3. The number of ketones is 2. The molecule has 0 bridgehead atoms. The number of dihydropyridines is 1. The Bertz CT molecular complexity index is 1800. The second-order valence-electron chi connectivity index (χ2n) is 15.6. The zero-order valence-electron chi connectivity index (χ0n) is 31.0. The first-order valence-electron chi connectivity index (χ1n) is 19.4. The Hall–Kier alpha value is -4.48. The Morgan fingerprint density at radius 2 is 1.92 bits per heavy atom. The Kier molecular flexibility index (Phi) is 10.8. The molecule has 0 aromatic heterocycles. The molecular formula is C42H54N6O5. The minimum atomic E-state index is -2.03. The van der Waals surface area contributed by atoms with Crippen molar-refractivity contribution >= 4 is 23.5 Å². The molecule has 1 aromatic rings. The van der Waals surface area contributed by atoms with Crippen LogP contribution in [0.4, 0.5) is 0 Å². The average Bonchev–Trinajstić information content (AvgIpc) is 3.89. The van der Waals surface area contributed by atoms with Gasteiger partial charge in [-0.25, -0.2) is 4.79 Å². The molecule has 11 heteroatoms. The molecule has 11 nitrogen and oxygen atoms in total. The third-order valence-electron chi connectivity index (χ3n) is 12.2. The van der Waals surface area contributed by atoms with Crippen LogP contribution in [0.2, 0.25) is 0 Å². The molecule has 4 aliphatic carbocycles. The zero-order valence-corrected chi connectivity index (χ0v) is 31.0. The molecule has 7 rings (SSSR count). The number of Topliss-reactive ketones (excluding diaryl/α,β-unsaturated/α-hetero) is 2. The van der Waals surface area contributed by atoms with E-state index in [2.05, 4.69) is 39.2 Å². The molecule has 282 valence electrons. The number of fused-ring (bicyclic) bond motifs is 3. The third-order valence-corrected chi connectivity index (χ3v) is 12.2. The molecule has 6 unspecified atom stereocenters. The fraction of sp³-hybridized carbons (Fsp3) is 0.524. The third kappa shape index (κ3) is 7.25. The van der Waals surface area contributed by atoms with Crippen LogP contribution in [-0.2, 0) is 14.3 Å². The van der Waals surface area contributed by atoms with Crippen LogP contribution in [0, 0.1) is 17.8 Å². The van der Waals surface area contributed by atoms with Crippen molar-refractivity contribution in [2.24, 2.45) is 34.2 Å². The lowest BCUT2D eigenvalue weighted by Gasteiger charge is -2.37. The predicted molar refractivity (Wildman–Crippen MR) is 205 cm³/mol. The van der Waals surface area contributed by atoms with E-state index in [1.165, 1.54) is 37.7 Å². The number of carbonyl (C=O) groups is 3. The van der Waals surface area contributed by atoms with Gasteiger partial charge in [0.05, 0.1) is 18.5 Å². The first kappa shape index (κ1) is 36.9. The number of nitrogens with zero attached hydrogens (tertiary/aromatic N) is 1. The van der Waals surface area contributed by atoms with Crippen LogP contribution < -0.4 is 27.4 Å². The van der Waals surface area contributed by atoms with Crippen LogP contribution in [0.25, 0.3) is 0 Å². The molecule has 0 radical (unpaired) electrons. The van der Waals surface area contributed by atoms with Crippen LogP contribution >= 0.6 is 0 Å². The number of benzene rings is 1. The summed E-state index contributed by atoms with van der Waals surface area (Å²) in [6, 6.07) is 6.44. The van der Waals surface area contributed by atoms with Crippen LogP contribution in [0.15, 0.2) is 88.3 Å². The number of rotatable bonds is 12. The van der Waals surface area contributed by atoms with Crippen LogP contribution in [0.5, 0.6) is 0 Å². The summed E-state index contributed by atoms with van der Waals surface area (Å²) in [4.78, 5) is 46.9. The minimum Gasteiger partial charge on any atom is -0.463 e. The van der Waals surface area contributed by atoms with E-state index in [1.54, 1.807) is 31.3 Å². The first-order valence-corrected chi connectivity index (χ1v) is 19.4. The Morgan fingerprint density at radius 3 is 2.68 bits per heavy atom. The van der Waals surface area contributed by atoms with Crippen molar-refractivity contribution in [2.75, 3.05) is 26.7 Å². The number of allylic oxidation sites excluding steroid dienone is 3. The van der Waals surface area contributed by atoms with Crippen LogP contribution in [0.1, 0.15) is 91.8 Å². The second-order valence-corrected chi connectivity index (χ2v) is 15.6. The van der Waals surface area contributed by atoms with E-state index in [1.807, 2.05) is 25.2 Å². The topological polar surface area (TPSA) is 173 Å². The zero-order chi connectivity index (χ0) is 37.2. The second kappa shape index (κ2) is 15.5. The van der Waals surface area contributed by atoms with Crippen molar-refractivity contribution in [3.8, 4) is 0 Å². The molecule has 53 heavy (non-hydrogen) atoms. The molecule has 2 heterocycles. The summed E-state index contributed by atoms with van der Waals surface area (Å²) >= 11 is 0. The molecule has 1 aromatic carbocycles. The summed E-state index contributed by atoms with van der Waals surface area (Å²) in [6.07, 6.45) is 22.5. The standard InChI is InChI=1S/C42H54N6O5/c1-26(20-35(48-40(44)45-2)30-17-19-46-36(43)23-30)16-18-41-37(49)32-14-8-9-15-33(32)38(50)42(41,53-41)39(51)52-25-31-21-28-12-6-7-13-29(28)22-34(31)47-24-27-10-4-3-5-11-27/h7-9,13-17,22-23,27-28,31,34-35,46-47H,3-6,10-12,18-21,24-25,43H2,1-2H3,(H3,44,45,48). The summed E-state index contributed by atoms with van der Waals surface area (Å²) in [5, 5.41) is 10.2. The molecule has 7 N–H and O–H groups in total. The highest BCUT2D eigenvalue weighted by atomic mass is 16.7. The number of nitrogens with two attached hydrogens (primary N) is 2. The summed E-state index contributed by atoms with van der Waals surface area (Å²) in [5.74, 6) is 0.239. The van der Waals surface area contributed by atoms with E-state index in [4.69, 9.17) is 20.9 Å². The number of hydrogen-bond acceptors (Lipinski definition) is 9. The lowest BCUT2D eigenvalue weighted by molar-refractivity contribution is -0.150. The van der Waals surface area contributed by atoms with Gasteiger partial charge in [0.25, 0.3) is 5.60 Å². The number of hydrogen-bond donors (Lipinski definition) is 5. The van der Waals surface area contributed by atoms with Gasteiger partial charge in [0, 0.05) is 43.1 Å². The fourth-order valence-corrected chi connectivity index (χ4v) is 9.07. The number of ether oxygens (including phenoxy) is 2. The highest BCUT2D eigenvalue weighted by molar-refractivity contribution is 6.32. The van der Waals surface area contributed by atoms with Crippen molar-refractivity contribution in [2.45, 2.75) is 94.4 Å². The van der Waals surface area contributed by atoms with Gasteiger partial charge in [0.1, 0.15) is 0 Å². The summed E-state index contributed by atoms with van der Waals surface area (Å²) < 4.78 is 12.3. The maximum absolute atomic E-state index is 14.3. The van der Waals surface area contributed by atoms with Gasteiger partial charge in [-0.2, -0.15) is 0 Å². The summed E-state index contributed by atoms with van der Waals surface area (Å²) in [5.41, 5.74) is 12.1. The maximum Gasteiger partial charge on any atom is 0.350 e. The molecule has 2 aliphatic heterocycles. The molecule has 0 amide bonds. The quantitative estimate of drug-likeness (QED) is 0.0516. The minimum absolute atomic E-state index is 0.0327. The predicted octanol–water partition coefficient (Wildman–Crippen LogP) is 4.53. The lowest BCUT2D eigenvalue weighted by Crippen LogP contribution is -2.51. The van der Waals surface area contributed by atoms with Crippen molar-refractivity contribution in [1.29, 1.82) is 0 Å². The van der Waals surface area contributed by atoms with Crippen molar-refractivity contribution in [3.63, 3.8) is 0 Å². The van der Waals surface area contributed by atoms with Gasteiger partial charge in [0.15, 0.2) is 17.3 Å². The van der Waals surface area contributed by atoms with Crippen molar-refractivity contribution in [1.82, 2.24) is 16.0 Å². The number of esters is 1. The Labute approximate surface area is 312 Å². The van der Waals surface area contributed by atoms with Gasteiger partial charge in [-0.15, -0.1) is 0 Å². The van der Waals surface area contributed by atoms with Crippen molar-refractivity contribution < 1.29 is 23.9 Å². The average molecular weight is 723 g/mol. The van der Waals surface area contributed by atoms with Gasteiger partial charge in [0.2, 0.25) is 5.78 Å². The highest BCUT2D eigenvalue weighted by Crippen LogP contribution is 2.58. The van der Waals surface area contributed by atoms with Gasteiger partial charge < -0.3 is 36.9 Å². The number of epoxide rings is 1. The molecule has 0 spiro atoms. The van der Waals surface area contributed by atoms with E-state index < -0.39 is 23.0 Å². The highest BCUT2D eigenvalue weighted by Gasteiger charge is 2.85. The van der Waals surface area contributed by atoms with Gasteiger partial charge in [-0.05, 0) is 81.1 Å². The van der Waals surface area contributed by atoms with E-state index >= 15 is 0 Å². The fourth-order valence-electron chi connectivity index (χ4n) is 9.07. The number of nitrogens with one attached hydrogen (secondary N) is 3. The molecule has 1 saturated carbocycles.